The van der Waals surface area contributed by atoms with Gasteiger partial charge in [0.25, 0.3) is 0 Å². The van der Waals surface area contributed by atoms with E-state index in [9.17, 15) is 0 Å². The maximum atomic E-state index is 2.88. The summed E-state index contributed by atoms with van der Waals surface area (Å²) in [5.41, 5.74) is 24.9. The molecule has 2 bridgehead atoms. The van der Waals surface area contributed by atoms with Gasteiger partial charge in [0.15, 0.2) is 0 Å². The minimum Gasteiger partial charge on any atom is -0.376 e. The van der Waals surface area contributed by atoms with Crippen molar-refractivity contribution in [2.45, 2.75) is 81.5 Å². The van der Waals surface area contributed by atoms with Crippen LogP contribution >= 0.6 is 11.3 Å². The van der Waals surface area contributed by atoms with Crippen LogP contribution in [0.15, 0.2) is 133 Å². The Morgan fingerprint density at radius 2 is 1.42 bits per heavy atom. The lowest BCUT2D eigenvalue weighted by atomic mass is 9.38. The van der Waals surface area contributed by atoms with Crippen LogP contribution in [0.25, 0.3) is 53.6 Å². The fraction of sp³-hybridized carbons (Fsp3) is 0.333. The van der Waals surface area contributed by atoms with Crippen LogP contribution in [0.2, 0.25) is 0 Å². The van der Waals surface area contributed by atoms with E-state index in [0.29, 0.717) is 16.7 Å². The molecule has 0 saturated heterocycles. The fourth-order valence-corrected chi connectivity index (χ4v) is 20.4. The Morgan fingerprint density at radius 3 is 2.29 bits per heavy atom. The van der Waals surface area contributed by atoms with Crippen molar-refractivity contribution < 1.29 is 0 Å². The van der Waals surface area contributed by atoms with E-state index in [1.54, 1.807) is 49.9 Å². The number of aryl methyl sites for hydroxylation is 1. The summed E-state index contributed by atoms with van der Waals surface area (Å²) in [6.45, 7) is 2.46. The Bertz CT molecular complexity index is 3510. The van der Waals surface area contributed by atoms with E-state index < -0.39 is 0 Å². The predicted octanol–water partition coefficient (Wildman–Crippen LogP) is 14.2. The van der Waals surface area contributed by atoms with Gasteiger partial charge in [-0.3, -0.25) is 0 Å². The lowest BCUT2D eigenvalue weighted by molar-refractivity contribution is -0.0835. The van der Waals surface area contributed by atoms with Crippen LogP contribution in [0, 0.1) is 54.3 Å². The van der Waals surface area contributed by atoms with Crippen molar-refractivity contribution in [2.24, 2.45) is 47.3 Å². The number of hydrogen-bond acceptors (Lipinski definition) is 2. The maximum Gasteiger partial charge on any atom is 0.329 e. The molecule has 0 amide bonds. The van der Waals surface area contributed by atoms with Crippen molar-refractivity contribution in [2.75, 3.05) is 4.81 Å². The molecule has 9 atom stereocenters. The molecule has 0 radical (unpaired) electrons. The number of nitrogens with zero attached hydrogens (tertiary/aromatic N) is 1. The molecule has 7 saturated carbocycles. The highest BCUT2D eigenvalue weighted by atomic mass is 32.1. The largest absolute Gasteiger partial charge is 0.376 e. The van der Waals surface area contributed by atoms with Crippen molar-refractivity contribution >= 4 is 60.7 Å². The smallest absolute Gasteiger partial charge is 0.329 e. The van der Waals surface area contributed by atoms with Gasteiger partial charge < -0.3 is 4.81 Å². The van der Waals surface area contributed by atoms with Crippen LogP contribution in [-0.4, -0.2) is 6.85 Å². The third kappa shape index (κ3) is 4.04. The van der Waals surface area contributed by atoms with Gasteiger partial charge in [-0.15, -0.1) is 11.3 Å². The first-order valence-corrected chi connectivity index (χ1v) is 26.7. The molecule has 7 aromatic carbocycles. The highest BCUT2D eigenvalue weighted by Crippen LogP contribution is 2.79. The first-order valence-electron chi connectivity index (χ1n) is 25.9. The average molecular weight is 866 g/mol. The lowest BCUT2D eigenvalue weighted by Gasteiger charge is -2.65. The summed E-state index contributed by atoms with van der Waals surface area (Å²) in [4.78, 5) is 2.84. The summed E-state index contributed by atoms with van der Waals surface area (Å²) >= 11 is 1.96. The van der Waals surface area contributed by atoms with Crippen molar-refractivity contribution in [1.82, 2.24) is 0 Å². The summed E-state index contributed by atoms with van der Waals surface area (Å²) in [5, 5.41) is 2.77. The third-order valence-electron chi connectivity index (χ3n) is 21.5. The van der Waals surface area contributed by atoms with E-state index in [2.05, 4.69) is 145 Å². The second-order valence-corrected chi connectivity index (χ2v) is 24.7. The van der Waals surface area contributed by atoms with E-state index in [1.807, 2.05) is 11.3 Å². The van der Waals surface area contributed by atoms with E-state index in [0.717, 1.165) is 53.8 Å². The van der Waals surface area contributed by atoms with E-state index >= 15 is 0 Å². The Hall–Kier alpha value is -5.38. The minimum atomic E-state index is 0.0889. The zero-order valence-corrected chi connectivity index (χ0v) is 38.5. The monoisotopic (exact) mass is 865 g/mol. The van der Waals surface area contributed by atoms with E-state index in [-0.39, 0.29) is 6.85 Å². The Balaban J connectivity index is 0.921. The van der Waals surface area contributed by atoms with Gasteiger partial charge in [0, 0.05) is 48.4 Å². The molecule has 0 N–H and O–H groups in total. The molecule has 66 heavy (non-hydrogen) atoms. The molecule has 3 heteroatoms. The minimum absolute atomic E-state index is 0.0889. The molecule has 0 spiro atoms. The van der Waals surface area contributed by atoms with Crippen molar-refractivity contribution in [1.29, 1.82) is 0 Å². The Labute approximate surface area is 392 Å². The molecule has 9 unspecified atom stereocenters. The number of hydrogen-bond donors (Lipinski definition) is 0. The SMILES string of the molecule is Cc1cc2c3c(c1)C1Cc4ccc(C56C7CCC5CC6C7)cc4-c4cc(C56CC7CC8CC7C5C8C6)cc(c41)B3N(c1ccc(-c3ccccc3)cc1)c1cc3sc4ccccc4c3cc1-2. The second kappa shape index (κ2) is 11.8. The van der Waals surface area contributed by atoms with E-state index in [1.165, 1.54) is 111 Å². The molecule has 10 aliphatic rings. The number of anilines is 2. The van der Waals surface area contributed by atoms with Crippen LogP contribution < -0.4 is 15.7 Å². The van der Waals surface area contributed by atoms with Crippen molar-refractivity contribution in [3.05, 3.63) is 167 Å². The quantitative estimate of drug-likeness (QED) is 0.159. The van der Waals surface area contributed by atoms with Gasteiger partial charge in [-0.1, -0.05) is 109 Å². The molecular weight excluding hydrogens is 814 g/mol. The molecule has 318 valence electrons. The van der Waals surface area contributed by atoms with Crippen LogP contribution in [0.4, 0.5) is 11.4 Å². The third-order valence-corrected chi connectivity index (χ3v) is 22.7. The fourth-order valence-electron chi connectivity index (χ4n) is 19.3. The highest BCUT2D eigenvalue weighted by molar-refractivity contribution is 7.25. The Morgan fingerprint density at radius 1 is 0.606 bits per heavy atom. The van der Waals surface area contributed by atoms with E-state index in [4.69, 9.17) is 0 Å². The van der Waals surface area contributed by atoms with Gasteiger partial charge in [0.05, 0.1) is 0 Å². The van der Waals surface area contributed by atoms with Gasteiger partial charge in [-0.2, -0.15) is 0 Å². The normalized spacial score (nSPS) is 33.2. The summed E-state index contributed by atoms with van der Waals surface area (Å²) in [6.07, 6.45) is 12.9. The van der Waals surface area contributed by atoms with Crippen molar-refractivity contribution in [3.63, 3.8) is 0 Å². The summed E-state index contributed by atoms with van der Waals surface area (Å²) in [7, 11) is 0. The summed E-state index contributed by atoms with van der Waals surface area (Å²) in [6, 6.07) is 54.0. The zero-order valence-electron chi connectivity index (χ0n) is 37.7. The van der Waals surface area contributed by atoms with Crippen molar-refractivity contribution in [3.8, 4) is 33.4 Å². The van der Waals surface area contributed by atoms with Crippen LogP contribution in [0.1, 0.15) is 90.7 Å². The topological polar surface area (TPSA) is 3.24 Å². The first kappa shape index (κ1) is 35.8. The van der Waals surface area contributed by atoms with Crippen LogP contribution in [0.3, 0.4) is 0 Å². The molecule has 7 fully saturated rings. The number of benzene rings is 7. The Kier molecular flexibility index (Phi) is 6.41. The van der Waals surface area contributed by atoms with Gasteiger partial charge in [-0.25, -0.2) is 0 Å². The number of thiophene rings is 1. The molecular formula is C63H52BNS. The van der Waals surface area contributed by atoms with Gasteiger partial charge >= 0.3 is 6.85 Å². The van der Waals surface area contributed by atoms with Gasteiger partial charge in [0.1, 0.15) is 0 Å². The lowest BCUT2D eigenvalue weighted by Crippen LogP contribution is -2.63. The average Bonchev–Trinajstić information content (AvgIpc) is 3.96. The molecule has 3 heterocycles. The molecule has 8 aliphatic carbocycles. The predicted molar refractivity (Wildman–Crippen MR) is 274 cm³/mol. The first-order chi connectivity index (χ1) is 32.5. The molecule has 1 nitrogen and oxygen atoms in total. The van der Waals surface area contributed by atoms with Gasteiger partial charge in [-0.05, 0) is 214 Å². The molecule has 1 aromatic heterocycles. The number of rotatable bonds is 4. The van der Waals surface area contributed by atoms with Gasteiger partial charge in [0.2, 0.25) is 0 Å². The second-order valence-electron chi connectivity index (χ2n) is 23.6. The standard InChI is InChI=1S/C63H52BNS/c1-33-19-52-48-29-49-45-9-5-6-10-57(45)66-58(49)30-56(48)65(44-17-12-35(13-18-44)34-7-3-2-4-8-34)64-55-28-42(62-31-38-21-37-23-47(38)60(62)54(37)32-62)27-51-46-26-41(63-39-15-16-40(63)25-43(63)24-39)14-11-36(46)22-50(59(51)55)53(20-33)61(52)64/h2-14,17-20,26-30,37-40,43,47,50,54,60H,15-16,21-25,31-32H2,1H3. The summed E-state index contributed by atoms with van der Waals surface area (Å²) < 4.78 is 2.76. The maximum absolute atomic E-state index is 2.88. The van der Waals surface area contributed by atoms with Crippen LogP contribution in [-0.2, 0) is 17.3 Å². The number of fused-ring (bicyclic) bond motifs is 11. The molecule has 8 aromatic rings. The zero-order chi connectivity index (χ0) is 42.5. The van der Waals surface area contributed by atoms with Crippen LogP contribution in [0.5, 0.6) is 0 Å². The highest BCUT2D eigenvalue weighted by Gasteiger charge is 2.73. The molecule has 2 aliphatic heterocycles. The molecule has 18 rings (SSSR count). The summed E-state index contributed by atoms with van der Waals surface area (Å²) in [5.74, 6) is 7.88.